The van der Waals surface area contributed by atoms with Gasteiger partial charge in [-0.25, -0.2) is 14.3 Å². The summed E-state index contributed by atoms with van der Waals surface area (Å²) in [5.41, 5.74) is 5.38. The number of aromatic amines is 2. The van der Waals surface area contributed by atoms with Crippen LogP contribution in [-0.4, -0.2) is 15.2 Å². The number of nitrogen functional groups attached to an aromatic ring is 1. The first-order chi connectivity index (χ1) is 6.68. The molecule has 0 aliphatic heterocycles. The van der Waals surface area contributed by atoms with Gasteiger partial charge in [0, 0.05) is 5.69 Å². The number of H-pyrrole nitrogens is 2. The third-order valence-electron chi connectivity index (χ3n) is 1.78. The summed E-state index contributed by atoms with van der Waals surface area (Å²) in [6.45, 7) is 0. The van der Waals surface area contributed by atoms with Gasteiger partial charge in [-0.2, -0.15) is 5.10 Å². The molecule has 6 heteroatoms. The SMILES string of the molecule is Nc1cccc(F)c1-c1n[nH]c(=O)[nH]1. The van der Waals surface area contributed by atoms with Crippen molar-refractivity contribution in [2.75, 3.05) is 5.73 Å². The molecule has 0 unspecified atom stereocenters. The molecule has 0 aliphatic carbocycles. The normalized spacial score (nSPS) is 10.4. The molecule has 14 heavy (non-hydrogen) atoms. The van der Waals surface area contributed by atoms with E-state index < -0.39 is 11.5 Å². The first kappa shape index (κ1) is 8.49. The molecule has 1 aromatic carbocycles. The molecular formula is C8H7FN4O. The Morgan fingerprint density at radius 1 is 1.43 bits per heavy atom. The van der Waals surface area contributed by atoms with Crippen LogP contribution in [0.5, 0.6) is 0 Å². The molecule has 0 aliphatic rings. The van der Waals surface area contributed by atoms with Crippen LogP contribution in [0.1, 0.15) is 0 Å². The van der Waals surface area contributed by atoms with Crippen molar-refractivity contribution in [3.8, 4) is 11.4 Å². The molecular weight excluding hydrogens is 187 g/mol. The topological polar surface area (TPSA) is 87.6 Å². The van der Waals surface area contributed by atoms with Crippen LogP contribution in [-0.2, 0) is 0 Å². The zero-order valence-electron chi connectivity index (χ0n) is 7.04. The van der Waals surface area contributed by atoms with Crippen LogP contribution in [0, 0.1) is 5.82 Å². The molecule has 0 radical (unpaired) electrons. The molecule has 72 valence electrons. The summed E-state index contributed by atoms with van der Waals surface area (Å²) in [7, 11) is 0. The minimum Gasteiger partial charge on any atom is -0.398 e. The van der Waals surface area contributed by atoms with E-state index in [2.05, 4.69) is 15.2 Å². The van der Waals surface area contributed by atoms with Crippen LogP contribution in [0.25, 0.3) is 11.4 Å². The highest BCUT2D eigenvalue weighted by Crippen LogP contribution is 2.24. The third-order valence-corrected chi connectivity index (χ3v) is 1.78. The lowest BCUT2D eigenvalue weighted by Crippen LogP contribution is -2.01. The first-order valence-corrected chi connectivity index (χ1v) is 3.87. The van der Waals surface area contributed by atoms with Gasteiger partial charge in [0.15, 0.2) is 5.82 Å². The second kappa shape index (κ2) is 2.99. The molecule has 5 nitrogen and oxygen atoms in total. The van der Waals surface area contributed by atoms with Gasteiger partial charge in [0.25, 0.3) is 0 Å². The highest BCUT2D eigenvalue weighted by atomic mass is 19.1. The molecule has 0 fully saturated rings. The molecule has 2 aromatic rings. The van der Waals surface area contributed by atoms with Crippen molar-refractivity contribution < 1.29 is 4.39 Å². The number of benzene rings is 1. The molecule has 0 atom stereocenters. The number of hydrogen-bond donors (Lipinski definition) is 3. The minimum absolute atomic E-state index is 0.102. The maximum Gasteiger partial charge on any atom is 0.340 e. The second-order valence-corrected chi connectivity index (χ2v) is 2.73. The predicted molar refractivity (Wildman–Crippen MR) is 49.0 cm³/mol. The molecule has 0 spiro atoms. The Bertz CT molecular complexity index is 496. The number of nitrogens with two attached hydrogens (primary N) is 1. The maximum atomic E-state index is 13.3. The summed E-state index contributed by atoms with van der Waals surface area (Å²) >= 11 is 0. The average molecular weight is 194 g/mol. The number of rotatable bonds is 1. The second-order valence-electron chi connectivity index (χ2n) is 2.73. The molecule has 0 saturated heterocycles. The van der Waals surface area contributed by atoms with E-state index in [4.69, 9.17) is 5.73 Å². The van der Waals surface area contributed by atoms with Gasteiger partial charge in [-0.1, -0.05) is 6.07 Å². The standard InChI is InChI=1S/C8H7FN4O/c9-4-2-1-3-5(10)6(4)7-11-8(14)13-12-7/h1-3H,10H2,(H2,11,12,13,14). The highest BCUT2D eigenvalue weighted by molar-refractivity contribution is 5.71. The van der Waals surface area contributed by atoms with E-state index in [0.29, 0.717) is 0 Å². The Labute approximate surface area is 77.8 Å². The summed E-state index contributed by atoms with van der Waals surface area (Å²) in [6, 6.07) is 4.27. The van der Waals surface area contributed by atoms with E-state index in [-0.39, 0.29) is 17.1 Å². The predicted octanol–water partition coefficient (Wildman–Crippen LogP) is 0.486. The van der Waals surface area contributed by atoms with Gasteiger partial charge in [0.1, 0.15) is 5.82 Å². The molecule has 1 aromatic heterocycles. The van der Waals surface area contributed by atoms with Gasteiger partial charge in [-0.15, -0.1) is 0 Å². The molecule has 1 heterocycles. The van der Waals surface area contributed by atoms with Crippen molar-refractivity contribution in [3.63, 3.8) is 0 Å². The Kier molecular flexibility index (Phi) is 1.81. The number of nitrogens with zero attached hydrogens (tertiary/aromatic N) is 1. The number of aromatic nitrogens is 3. The van der Waals surface area contributed by atoms with Crippen molar-refractivity contribution >= 4 is 5.69 Å². The largest absolute Gasteiger partial charge is 0.398 e. The van der Waals surface area contributed by atoms with Gasteiger partial charge in [0.2, 0.25) is 0 Å². The molecule has 0 saturated carbocycles. The summed E-state index contributed by atoms with van der Waals surface area (Å²) < 4.78 is 13.3. The van der Waals surface area contributed by atoms with E-state index >= 15 is 0 Å². The van der Waals surface area contributed by atoms with Crippen LogP contribution < -0.4 is 11.4 Å². The zero-order chi connectivity index (χ0) is 10.1. The Balaban J connectivity index is 2.67. The van der Waals surface area contributed by atoms with Gasteiger partial charge in [-0.3, -0.25) is 4.98 Å². The summed E-state index contributed by atoms with van der Waals surface area (Å²) in [5.74, 6) is -0.418. The van der Waals surface area contributed by atoms with Crippen LogP contribution in [0.15, 0.2) is 23.0 Å². The molecule has 2 rings (SSSR count). The Morgan fingerprint density at radius 3 is 2.79 bits per heavy atom. The van der Waals surface area contributed by atoms with Gasteiger partial charge >= 0.3 is 5.69 Å². The van der Waals surface area contributed by atoms with E-state index in [1.54, 1.807) is 0 Å². The van der Waals surface area contributed by atoms with E-state index in [1.807, 2.05) is 0 Å². The summed E-state index contributed by atoms with van der Waals surface area (Å²) in [6.07, 6.45) is 0. The minimum atomic E-state index is -0.521. The van der Waals surface area contributed by atoms with Gasteiger partial charge in [-0.05, 0) is 12.1 Å². The van der Waals surface area contributed by atoms with Crippen LogP contribution in [0.4, 0.5) is 10.1 Å². The molecule has 0 amide bonds. The number of hydrogen-bond acceptors (Lipinski definition) is 3. The summed E-state index contributed by atoms with van der Waals surface area (Å²) in [5, 5.41) is 5.73. The van der Waals surface area contributed by atoms with Crippen molar-refractivity contribution in [1.82, 2.24) is 15.2 Å². The monoisotopic (exact) mass is 194 g/mol. The maximum absolute atomic E-state index is 13.3. The fourth-order valence-electron chi connectivity index (χ4n) is 1.18. The number of anilines is 1. The van der Waals surface area contributed by atoms with E-state index in [1.165, 1.54) is 18.2 Å². The van der Waals surface area contributed by atoms with E-state index in [0.717, 1.165) is 0 Å². The lowest BCUT2D eigenvalue weighted by molar-refractivity contribution is 0.630. The lowest BCUT2D eigenvalue weighted by atomic mass is 10.1. The number of halogens is 1. The third kappa shape index (κ3) is 1.26. The molecule has 4 N–H and O–H groups in total. The lowest BCUT2D eigenvalue weighted by Gasteiger charge is -2.01. The van der Waals surface area contributed by atoms with Crippen LogP contribution in [0.2, 0.25) is 0 Å². The zero-order valence-corrected chi connectivity index (χ0v) is 7.04. The quantitative estimate of drug-likeness (QED) is 0.577. The van der Waals surface area contributed by atoms with Crippen molar-refractivity contribution in [1.29, 1.82) is 0 Å². The first-order valence-electron chi connectivity index (χ1n) is 3.87. The Morgan fingerprint density at radius 2 is 2.21 bits per heavy atom. The van der Waals surface area contributed by atoms with Crippen molar-refractivity contribution in [2.24, 2.45) is 0 Å². The molecule has 0 bridgehead atoms. The summed E-state index contributed by atoms with van der Waals surface area (Å²) in [4.78, 5) is 13.1. The van der Waals surface area contributed by atoms with Crippen LogP contribution >= 0.6 is 0 Å². The van der Waals surface area contributed by atoms with Crippen LogP contribution in [0.3, 0.4) is 0 Å². The van der Waals surface area contributed by atoms with Crippen molar-refractivity contribution in [3.05, 3.63) is 34.5 Å². The fraction of sp³-hybridized carbons (Fsp3) is 0. The Hall–Kier alpha value is -2.11. The van der Waals surface area contributed by atoms with Gasteiger partial charge in [0.05, 0.1) is 5.56 Å². The smallest absolute Gasteiger partial charge is 0.340 e. The fourth-order valence-corrected chi connectivity index (χ4v) is 1.18. The number of nitrogens with one attached hydrogen (secondary N) is 2. The highest BCUT2D eigenvalue weighted by Gasteiger charge is 2.11. The average Bonchev–Trinajstić information content (AvgIpc) is 2.51. The van der Waals surface area contributed by atoms with Gasteiger partial charge < -0.3 is 5.73 Å². The van der Waals surface area contributed by atoms with E-state index in [9.17, 15) is 9.18 Å². The van der Waals surface area contributed by atoms with Crippen molar-refractivity contribution in [2.45, 2.75) is 0 Å².